The molecule has 0 fully saturated rings. The maximum Gasteiger partial charge on any atom is 0.181 e. The first kappa shape index (κ1) is 12.0. The van der Waals surface area contributed by atoms with Crippen LogP contribution in [-0.2, 0) is 4.74 Å². The van der Waals surface area contributed by atoms with Crippen LogP contribution in [0.5, 0.6) is 0 Å². The Morgan fingerprint density at radius 1 is 1.40 bits per heavy atom. The van der Waals surface area contributed by atoms with Crippen molar-refractivity contribution in [3.63, 3.8) is 0 Å². The molecule has 84 valence electrons. The summed E-state index contributed by atoms with van der Waals surface area (Å²) in [7, 11) is 1.58. The zero-order valence-corrected chi connectivity index (χ0v) is 9.95. The first-order valence-corrected chi connectivity index (χ1v) is 5.72. The van der Waals surface area contributed by atoms with Crippen molar-refractivity contribution in [1.29, 1.82) is 0 Å². The minimum absolute atomic E-state index is 0.191. The van der Waals surface area contributed by atoms with Crippen LogP contribution in [0.3, 0.4) is 0 Å². The lowest BCUT2D eigenvalue weighted by Gasteiger charge is -2.06. The molecular formula is C10H15FN2OS. The standard InChI is InChI=1S/C8H9FN2OS.C2H6/c1-12-5-3-2-4(9)6-7(5)13-8(10)11-6;1-2/h2-3H2,1H3,(H2,10,11);1-2H3. The number of ether oxygens (including phenoxy) is 1. The van der Waals surface area contributed by atoms with Gasteiger partial charge in [0.15, 0.2) is 5.13 Å². The van der Waals surface area contributed by atoms with E-state index in [0.717, 1.165) is 10.3 Å². The topological polar surface area (TPSA) is 48.1 Å². The van der Waals surface area contributed by atoms with Crippen LogP contribution in [0.1, 0.15) is 26.7 Å². The average Bonchev–Trinajstić information content (AvgIpc) is 2.64. The van der Waals surface area contributed by atoms with Crippen molar-refractivity contribution < 1.29 is 9.13 Å². The van der Waals surface area contributed by atoms with Crippen LogP contribution in [0.2, 0.25) is 0 Å². The summed E-state index contributed by atoms with van der Waals surface area (Å²) < 4.78 is 19.1. The first-order chi connectivity index (χ1) is 7.22. The molecule has 2 rings (SSSR count). The van der Waals surface area contributed by atoms with Gasteiger partial charge in [-0.2, -0.15) is 0 Å². The smallest absolute Gasteiger partial charge is 0.181 e. The Kier molecular flexibility index (Phi) is 4.08. The van der Waals surface area contributed by atoms with E-state index in [4.69, 9.17) is 10.5 Å². The molecule has 0 unspecified atom stereocenters. The fraction of sp³-hybridized carbons (Fsp3) is 0.500. The van der Waals surface area contributed by atoms with Gasteiger partial charge in [0, 0.05) is 12.8 Å². The number of hydrogen-bond acceptors (Lipinski definition) is 4. The molecule has 0 spiro atoms. The van der Waals surface area contributed by atoms with Crippen LogP contribution >= 0.6 is 11.3 Å². The van der Waals surface area contributed by atoms with E-state index >= 15 is 0 Å². The molecule has 1 aromatic rings. The molecule has 2 N–H and O–H groups in total. The van der Waals surface area contributed by atoms with Crippen molar-refractivity contribution in [3.05, 3.63) is 9.88 Å². The summed E-state index contributed by atoms with van der Waals surface area (Å²) in [6.45, 7) is 4.00. The second kappa shape index (κ2) is 5.11. The van der Waals surface area contributed by atoms with Crippen LogP contribution in [-0.4, -0.2) is 12.1 Å². The molecule has 1 aromatic heterocycles. The van der Waals surface area contributed by atoms with Crippen LogP contribution in [0.25, 0.3) is 11.6 Å². The Hall–Kier alpha value is -1.10. The number of methoxy groups -OCH3 is 1. The van der Waals surface area contributed by atoms with E-state index in [1.54, 1.807) is 7.11 Å². The van der Waals surface area contributed by atoms with Crippen LogP contribution in [0.4, 0.5) is 9.52 Å². The Bertz CT molecular complexity index is 452. The molecule has 1 heterocycles. The molecule has 0 aliphatic heterocycles. The van der Waals surface area contributed by atoms with E-state index in [1.807, 2.05) is 13.8 Å². The number of halogens is 1. The summed E-state index contributed by atoms with van der Waals surface area (Å²) in [4.78, 5) is 3.91. The van der Waals surface area contributed by atoms with Crippen LogP contribution < -0.4 is 15.6 Å². The molecule has 5 heteroatoms. The number of fused-ring (bicyclic) bond motifs is 1. The highest BCUT2D eigenvalue weighted by Gasteiger charge is 2.14. The van der Waals surface area contributed by atoms with Gasteiger partial charge >= 0.3 is 0 Å². The molecule has 0 atom stereocenters. The fourth-order valence-corrected chi connectivity index (χ4v) is 2.26. The third-order valence-electron chi connectivity index (χ3n) is 1.97. The maximum absolute atomic E-state index is 13.2. The van der Waals surface area contributed by atoms with Crippen LogP contribution in [0, 0.1) is 0 Å². The second-order valence-electron chi connectivity index (χ2n) is 2.76. The van der Waals surface area contributed by atoms with Gasteiger partial charge in [0.25, 0.3) is 0 Å². The summed E-state index contributed by atoms with van der Waals surface area (Å²) in [5, 5.41) is 0.752. The quantitative estimate of drug-likeness (QED) is 0.793. The van der Waals surface area contributed by atoms with Gasteiger partial charge in [-0.25, -0.2) is 9.37 Å². The summed E-state index contributed by atoms with van der Waals surface area (Å²) in [6.07, 6.45) is 0.955. The van der Waals surface area contributed by atoms with Crippen molar-refractivity contribution in [2.24, 2.45) is 0 Å². The lowest BCUT2D eigenvalue weighted by atomic mass is 10.2. The van der Waals surface area contributed by atoms with Gasteiger partial charge < -0.3 is 10.5 Å². The summed E-state index contributed by atoms with van der Waals surface area (Å²) in [5.41, 5.74) is 5.50. The largest absolute Gasteiger partial charge is 0.500 e. The third kappa shape index (κ3) is 2.28. The SMILES string of the molecule is CC.COC1=c2sc(N)nc2=C(F)CC1. The highest BCUT2D eigenvalue weighted by molar-refractivity contribution is 7.13. The average molecular weight is 230 g/mol. The van der Waals surface area contributed by atoms with E-state index in [1.165, 1.54) is 11.3 Å². The van der Waals surface area contributed by atoms with Gasteiger partial charge in [-0.3, -0.25) is 0 Å². The first-order valence-electron chi connectivity index (χ1n) is 4.90. The van der Waals surface area contributed by atoms with Crippen molar-refractivity contribution in [1.82, 2.24) is 4.98 Å². The van der Waals surface area contributed by atoms with E-state index in [9.17, 15) is 4.39 Å². The molecule has 0 saturated carbocycles. The normalized spacial score (nSPS) is 14.1. The predicted octanol–water partition coefficient (Wildman–Crippen LogP) is 1.38. The van der Waals surface area contributed by atoms with E-state index in [2.05, 4.69) is 4.98 Å². The summed E-state index contributed by atoms with van der Waals surface area (Å²) in [6, 6.07) is 0. The third-order valence-corrected chi connectivity index (χ3v) is 2.90. The number of rotatable bonds is 1. The number of nitrogens with zero attached hydrogens (tertiary/aromatic N) is 1. The molecule has 15 heavy (non-hydrogen) atoms. The molecule has 0 bridgehead atoms. The van der Waals surface area contributed by atoms with E-state index in [-0.39, 0.29) is 5.83 Å². The van der Waals surface area contributed by atoms with Gasteiger partial charge in [-0.15, -0.1) is 0 Å². The number of aromatic nitrogens is 1. The Balaban J connectivity index is 0.000000531. The van der Waals surface area contributed by atoms with Crippen LogP contribution in [0.15, 0.2) is 0 Å². The molecule has 0 radical (unpaired) electrons. The molecule has 0 amide bonds. The number of thiazole rings is 1. The molecule has 1 aliphatic carbocycles. The van der Waals surface area contributed by atoms with Gasteiger partial charge in [-0.1, -0.05) is 25.2 Å². The minimum atomic E-state index is -0.191. The summed E-state index contributed by atoms with van der Waals surface area (Å²) in [5.74, 6) is 0.592. The number of nitrogen functional groups attached to an aromatic ring is 1. The molecule has 3 nitrogen and oxygen atoms in total. The zero-order valence-electron chi connectivity index (χ0n) is 9.13. The van der Waals surface area contributed by atoms with Gasteiger partial charge in [0.2, 0.25) is 0 Å². The highest BCUT2D eigenvalue weighted by atomic mass is 32.1. The fourth-order valence-electron chi connectivity index (χ4n) is 1.36. The Morgan fingerprint density at radius 2 is 2.07 bits per heavy atom. The molecular weight excluding hydrogens is 215 g/mol. The van der Waals surface area contributed by atoms with Crippen molar-refractivity contribution in [2.45, 2.75) is 26.7 Å². The van der Waals surface area contributed by atoms with Gasteiger partial charge in [0.05, 0.1) is 11.6 Å². The van der Waals surface area contributed by atoms with Crippen molar-refractivity contribution in [2.75, 3.05) is 12.8 Å². The second-order valence-corrected chi connectivity index (χ2v) is 3.79. The zero-order chi connectivity index (χ0) is 11.4. The Morgan fingerprint density at radius 3 is 2.67 bits per heavy atom. The predicted molar refractivity (Wildman–Crippen MR) is 61.3 cm³/mol. The molecule has 0 aromatic carbocycles. The van der Waals surface area contributed by atoms with E-state index in [0.29, 0.717) is 23.3 Å². The van der Waals surface area contributed by atoms with Gasteiger partial charge in [0.1, 0.15) is 16.9 Å². The number of hydrogen-bond donors (Lipinski definition) is 1. The molecule has 1 aliphatic rings. The number of anilines is 1. The highest BCUT2D eigenvalue weighted by Crippen LogP contribution is 2.17. The maximum atomic E-state index is 13.2. The number of nitrogens with two attached hydrogens (primary N) is 1. The van der Waals surface area contributed by atoms with Gasteiger partial charge in [-0.05, 0) is 0 Å². The van der Waals surface area contributed by atoms with Crippen molar-refractivity contribution in [3.8, 4) is 0 Å². The van der Waals surface area contributed by atoms with Crippen molar-refractivity contribution >= 4 is 28.1 Å². The monoisotopic (exact) mass is 230 g/mol. The lowest BCUT2D eigenvalue weighted by molar-refractivity contribution is 0.347. The minimum Gasteiger partial charge on any atom is -0.500 e. The summed E-state index contributed by atoms with van der Waals surface area (Å²) >= 11 is 1.27. The molecule has 0 saturated heterocycles. The Labute approximate surface area is 92.1 Å². The lowest BCUT2D eigenvalue weighted by Crippen LogP contribution is -2.29. The van der Waals surface area contributed by atoms with E-state index < -0.39 is 0 Å².